The van der Waals surface area contributed by atoms with Gasteiger partial charge in [0.15, 0.2) is 5.78 Å². The van der Waals surface area contributed by atoms with Gasteiger partial charge in [0.25, 0.3) is 0 Å². The summed E-state index contributed by atoms with van der Waals surface area (Å²) in [5, 5.41) is 12.1. The van der Waals surface area contributed by atoms with Crippen molar-refractivity contribution < 1.29 is 13.6 Å². The predicted octanol–water partition coefficient (Wildman–Crippen LogP) is 4.83. The molecule has 0 spiro atoms. The van der Waals surface area contributed by atoms with Gasteiger partial charge in [0, 0.05) is 24.9 Å². The van der Waals surface area contributed by atoms with Crippen LogP contribution in [0.5, 0.6) is 0 Å². The van der Waals surface area contributed by atoms with E-state index >= 15 is 0 Å². The fourth-order valence-corrected chi connectivity index (χ4v) is 4.06. The second kappa shape index (κ2) is 8.23. The summed E-state index contributed by atoms with van der Waals surface area (Å²) in [6, 6.07) is 14.9. The highest BCUT2D eigenvalue weighted by Crippen LogP contribution is 2.59. The molecule has 0 radical (unpaired) electrons. The topological polar surface area (TPSA) is 78.3 Å². The van der Waals surface area contributed by atoms with E-state index in [9.17, 15) is 4.57 Å². The molecule has 9 heteroatoms. The molecule has 3 aromatic rings. The Morgan fingerprint density at radius 3 is 2.48 bits per heavy atom. The molecule has 142 valence electrons. The zero-order valence-electron chi connectivity index (χ0n) is 15.2. The van der Waals surface area contributed by atoms with Crippen molar-refractivity contribution in [3.63, 3.8) is 0 Å². The van der Waals surface area contributed by atoms with Crippen LogP contribution >= 0.6 is 19.2 Å². The lowest BCUT2D eigenvalue weighted by molar-refractivity contribution is 0.268. The number of rotatable bonds is 7. The van der Waals surface area contributed by atoms with E-state index in [1.54, 1.807) is 23.0 Å². The molecule has 0 amide bonds. The molecule has 1 atom stereocenters. The minimum Gasteiger partial charge on any atom is -0.367 e. The number of aromatic nitrogens is 3. The van der Waals surface area contributed by atoms with Crippen molar-refractivity contribution in [1.82, 2.24) is 15.0 Å². The van der Waals surface area contributed by atoms with Crippen molar-refractivity contribution >= 4 is 24.9 Å². The normalized spacial score (nSPS) is 12.7. The maximum atomic E-state index is 13.1. The minimum atomic E-state index is -3.53. The fraction of sp³-hybridized carbons (Fsp3) is 0.222. The van der Waals surface area contributed by atoms with Gasteiger partial charge < -0.3 is 14.4 Å². The van der Waals surface area contributed by atoms with Gasteiger partial charge in [-0.2, -0.15) is 0 Å². The maximum Gasteiger partial charge on any atom is 0.358 e. The quantitative estimate of drug-likeness (QED) is 0.566. The summed E-state index contributed by atoms with van der Waals surface area (Å²) >= 11 is 6.04. The third kappa shape index (κ3) is 4.39. The Bertz CT molecular complexity index is 953. The van der Waals surface area contributed by atoms with Crippen LogP contribution in [0.4, 0.5) is 5.69 Å². The monoisotopic (exact) mass is 406 g/mol. The van der Waals surface area contributed by atoms with E-state index in [2.05, 4.69) is 15.6 Å². The van der Waals surface area contributed by atoms with E-state index in [4.69, 9.17) is 20.6 Å². The van der Waals surface area contributed by atoms with E-state index in [1.807, 2.05) is 43.3 Å². The van der Waals surface area contributed by atoms with Crippen LogP contribution in [-0.4, -0.2) is 29.2 Å². The van der Waals surface area contributed by atoms with Gasteiger partial charge in [-0.1, -0.05) is 40.6 Å². The average molecular weight is 407 g/mol. The number of hydrogen-bond acceptors (Lipinski definition) is 6. The first-order chi connectivity index (χ1) is 12.9. The van der Waals surface area contributed by atoms with Crippen LogP contribution in [0.25, 0.3) is 5.69 Å². The fourth-order valence-electron chi connectivity index (χ4n) is 2.55. The molecule has 2 aromatic carbocycles. The molecule has 0 saturated heterocycles. The first-order valence-corrected chi connectivity index (χ1v) is 10.2. The lowest BCUT2D eigenvalue weighted by Crippen LogP contribution is -2.14. The Labute approximate surface area is 162 Å². The summed E-state index contributed by atoms with van der Waals surface area (Å²) in [5.41, 5.74) is 3.03. The lowest BCUT2D eigenvalue weighted by Gasteiger charge is -2.24. The molecule has 0 bridgehead atoms. The van der Waals surface area contributed by atoms with Crippen LogP contribution in [0, 0.1) is 6.92 Å². The van der Waals surface area contributed by atoms with E-state index in [0.29, 0.717) is 10.7 Å². The van der Waals surface area contributed by atoms with Gasteiger partial charge in [0.2, 0.25) is 0 Å². The van der Waals surface area contributed by atoms with E-state index in [0.717, 1.165) is 16.9 Å². The zero-order chi connectivity index (χ0) is 19.4. The van der Waals surface area contributed by atoms with Crippen molar-refractivity contribution in [1.29, 1.82) is 0 Å². The van der Waals surface area contributed by atoms with Crippen LogP contribution < -0.4 is 5.32 Å². The molecule has 0 aliphatic carbocycles. The van der Waals surface area contributed by atoms with E-state index < -0.39 is 13.4 Å². The molecule has 1 N–H and O–H groups in total. The number of aryl methyl sites for hydroxylation is 1. The van der Waals surface area contributed by atoms with Crippen molar-refractivity contribution in [2.75, 3.05) is 19.5 Å². The maximum absolute atomic E-state index is 13.1. The van der Waals surface area contributed by atoms with Crippen LogP contribution in [0.2, 0.25) is 5.02 Å². The summed E-state index contributed by atoms with van der Waals surface area (Å²) in [7, 11) is -0.846. The Morgan fingerprint density at radius 1 is 1.15 bits per heavy atom. The van der Waals surface area contributed by atoms with Crippen molar-refractivity contribution in [3.05, 3.63) is 71.0 Å². The minimum absolute atomic E-state index is 0.419. The molecule has 1 heterocycles. The van der Waals surface area contributed by atoms with E-state index in [-0.39, 0.29) is 0 Å². The summed E-state index contributed by atoms with van der Waals surface area (Å²) in [5.74, 6) is -0.830. The highest BCUT2D eigenvalue weighted by molar-refractivity contribution is 7.54. The third-order valence-electron chi connectivity index (χ3n) is 4.04. The van der Waals surface area contributed by atoms with Gasteiger partial charge >= 0.3 is 7.60 Å². The zero-order valence-corrected chi connectivity index (χ0v) is 16.8. The van der Waals surface area contributed by atoms with Crippen LogP contribution in [0.1, 0.15) is 17.0 Å². The standard InChI is InChI=1S/C18H20ClN4O3P/c1-13-7-9-15(10-8-13)20-18(27(24,25-2)26-3)17-12-23(22-21-17)16-6-4-5-14(19)11-16/h4-12,18,20H,1-3H3. The molecule has 0 aliphatic rings. The average Bonchev–Trinajstić information content (AvgIpc) is 3.17. The highest BCUT2D eigenvalue weighted by Gasteiger charge is 2.38. The van der Waals surface area contributed by atoms with Crippen LogP contribution in [0.3, 0.4) is 0 Å². The molecule has 0 saturated carbocycles. The van der Waals surface area contributed by atoms with Gasteiger partial charge in [-0.05, 0) is 37.3 Å². The Balaban J connectivity index is 1.98. The summed E-state index contributed by atoms with van der Waals surface area (Å²) in [6.07, 6.45) is 1.67. The van der Waals surface area contributed by atoms with Crippen molar-refractivity contribution in [2.45, 2.75) is 12.7 Å². The number of nitrogens with zero attached hydrogens (tertiary/aromatic N) is 3. The first kappa shape index (κ1) is 19.6. The van der Waals surface area contributed by atoms with Crippen LogP contribution in [0.15, 0.2) is 54.7 Å². The van der Waals surface area contributed by atoms with Gasteiger partial charge in [0.05, 0.1) is 11.9 Å². The highest BCUT2D eigenvalue weighted by atomic mass is 35.5. The number of anilines is 1. The summed E-state index contributed by atoms with van der Waals surface area (Å²) in [6.45, 7) is 1.99. The first-order valence-electron chi connectivity index (χ1n) is 8.18. The number of benzene rings is 2. The number of hydrogen-bond donors (Lipinski definition) is 1. The van der Waals surface area contributed by atoms with Crippen molar-refractivity contribution in [3.8, 4) is 5.69 Å². The molecule has 3 rings (SSSR count). The Hall–Kier alpha value is -2.18. The predicted molar refractivity (Wildman–Crippen MR) is 106 cm³/mol. The van der Waals surface area contributed by atoms with Crippen LogP contribution in [-0.2, 0) is 13.6 Å². The van der Waals surface area contributed by atoms with Gasteiger partial charge in [0.1, 0.15) is 5.69 Å². The molecule has 7 nitrogen and oxygen atoms in total. The molecule has 0 fully saturated rings. The van der Waals surface area contributed by atoms with E-state index in [1.165, 1.54) is 14.2 Å². The molecule has 1 aromatic heterocycles. The summed E-state index contributed by atoms with van der Waals surface area (Å²) < 4.78 is 25.1. The second-order valence-electron chi connectivity index (χ2n) is 5.89. The third-order valence-corrected chi connectivity index (χ3v) is 6.32. The van der Waals surface area contributed by atoms with Gasteiger partial charge in [-0.3, -0.25) is 4.57 Å². The second-order valence-corrected chi connectivity index (χ2v) is 8.65. The molecular weight excluding hydrogens is 387 g/mol. The Kier molecular flexibility index (Phi) is 5.97. The number of halogens is 1. The lowest BCUT2D eigenvalue weighted by atomic mass is 10.2. The number of nitrogens with one attached hydrogen (secondary N) is 1. The van der Waals surface area contributed by atoms with Gasteiger partial charge in [-0.15, -0.1) is 5.10 Å². The molecule has 0 aliphatic heterocycles. The van der Waals surface area contributed by atoms with Crippen molar-refractivity contribution in [2.24, 2.45) is 0 Å². The summed E-state index contributed by atoms with van der Waals surface area (Å²) in [4.78, 5) is 0. The SMILES string of the molecule is COP(=O)(OC)C(Nc1ccc(C)cc1)c1cn(-c2cccc(Cl)c2)nn1. The molecular formula is C18H20ClN4O3P. The molecule has 1 unspecified atom stereocenters. The van der Waals surface area contributed by atoms with Gasteiger partial charge in [-0.25, -0.2) is 4.68 Å². The smallest absolute Gasteiger partial charge is 0.358 e. The Morgan fingerprint density at radius 2 is 1.85 bits per heavy atom. The molecule has 27 heavy (non-hydrogen) atoms. The largest absolute Gasteiger partial charge is 0.367 e.